The number of benzene rings is 7. The molecule has 0 N–H and O–H groups in total. The molecule has 0 fully saturated rings. The first-order valence-electron chi connectivity index (χ1n) is 16.9. The lowest BCUT2D eigenvalue weighted by Crippen LogP contribution is -2.14. The fourth-order valence-electron chi connectivity index (χ4n) is 6.82. The minimum atomic E-state index is 0.643. The molecule has 3 heterocycles. The highest BCUT2D eigenvalue weighted by Gasteiger charge is 2.25. The summed E-state index contributed by atoms with van der Waals surface area (Å²) in [5.41, 5.74) is 8.69. The maximum Gasteiger partial charge on any atom is 0.164 e. The van der Waals surface area contributed by atoms with Gasteiger partial charge in [-0.05, 0) is 77.9 Å². The predicted octanol–water partition coefficient (Wildman–Crippen LogP) is 12.8. The van der Waals surface area contributed by atoms with Crippen molar-refractivity contribution in [3.63, 3.8) is 0 Å². The van der Waals surface area contributed by atoms with Gasteiger partial charge in [0.1, 0.15) is 0 Å². The van der Waals surface area contributed by atoms with E-state index in [1.165, 1.54) is 46.8 Å². The maximum absolute atomic E-state index is 4.95. The molecule has 1 aliphatic heterocycles. The zero-order valence-corrected chi connectivity index (χ0v) is 28.9. The molecule has 0 radical (unpaired) electrons. The monoisotopic (exact) mass is 688 g/mol. The third kappa shape index (κ3) is 5.37. The topological polar surface area (TPSA) is 41.9 Å². The smallest absolute Gasteiger partial charge is 0.164 e. The van der Waals surface area contributed by atoms with Crippen LogP contribution in [0.4, 0.5) is 17.1 Å². The van der Waals surface area contributed by atoms with Gasteiger partial charge in [0, 0.05) is 52.3 Å². The van der Waals surface area contributed by atoms with Gasteiger partial charge in [-0.15, -0.1) is 11.3 Å². The van der Waals surface area contributed by atoms with Gasteiger partial charge < -0.3 is 4.90 Å². The molecule has 0 spiro atoms. The SMILES string of the molecule is c1ccc(-c2nc(-c3ccccc3)nc(-c3ccc(N4c5ccccc5Sc5cc(-c6ccc7sc8ccccc8c7c6)ccc54)cc3)n2)cc1. The van der Waals surface area contributed by atoms with Crippen LogP contribution in [0.3, 0.4) is 0 Å². The molecule has 0 unspecified atom stereocenters. The molecule has 0 bridgehead atoms. The van der Waals surface area contributed by atoms with Crippen LogP contribution in [0, 0.1) is 0 Å². The summed E-state index contributed by atoms with van der Waals surface area (Å²) in [6.45, 7) is 0. The number of nitrogens with zero attached hydrogens (tertiary/aromatic N) is 4. The van der Waals surface area contributed by atoms with E-state index in [4.69, 9.17) is 15.0 Å². The number of hydrogen-bond acceptors (Lipinski definition) is 6. The molecule has 0 aliphatic carbocycles. The van der Waals surface area contributed by atoms with Crippen LogP contribution in [-0.4, -0.2) is 15.0 Å². The molecule has 9 aromatic rings. The Kier molecular flexibility index (Phi) is 7.22. The first kappa shape index (κ1) is 29.8. The number of rotatable bonds is 5. The van der Waals surface area contributed by atoms with Gasteiger partial charge >= 0.3 is 0 Å². The standard InChI is InChI=1S/C45H28N4S2/c1-3-11-29(12-4-1)43-46-44(30-13-5-2-6-14-30)48-45(47-43)31-19-23-34(24-20-31)49-37-16-8-10-18-41(37)51-42-28-33(21-25-38(42)49)32-22-26-40-36(27-32)35-15-7-9-17-39(35)50-40/h1-28H. The molecule has 10 rings (SSSR count). The summed E-state index contributed by atoms with van der Waals surface area (Å²) in [6, 6.07) is 59.8. The van der Waals surface area contributed by atoms with Crippen LogP contribution in [-0.2, 0) is 0 Å². The van der Waals surface area contributed by atoms with Gasteiger partial charge in [0.2, 0.25) is 0 Å². The Labute approximate surface area is 303 Å². The summed E-state index contributed by atoms with van der Waals surface area (Å²) in [5, 5.41) is 2.63. The largest absolute Gasteiger partial charge is 0.308 e. The number of anilines is 3. The van der Waals surface area contributed by atoms with Crippen LogP contribution in [0.2, 0.25) is 0 Å². The molecular weight excluding hydrogens is 661 g/mol. The van der Waals surface area contributed by atoms with Crippen LogP contribution in [0.5, 0.6) is 0 Å². The second-order valence-corrected chi connectivity index (χ2v) is 14.6. The van der Waals surface area contributed by atoms with E-state index in [2.05, 4.69) is 114 Å². The molecular formula is C45H28N4S2. The van der Waals surface area contributed by atoms with E-state index in [1.807, 2.05) is 83.8 Å². The van der Waals surface area contributed by atoms with Gasteiger partial charge in [0.15, 0.2) is 17.5 Å². The van der Waals surface area contributed by atoms with Gasteiger partial charge in [-0.2, -0.15) is 0 Å². The summed E-state index contributed by atoms with van der Waals surface area (Å²) in [7, 11) is 0. The number of thiophene rings is 1. The zero-order valence-electron chi connectivity index (χ0n) is 27.3. The molecule has 0 amide bonds. The summed E-state index contributed by atoms with van der Waals surface area (Å²) in [6.07, 6.45) is 0. The molecule has 7 aromatic carbocycles. The Bertz CT molecular complexity index is 2670. The number of aromatic nitrogens is 3. The summed E-state index contributed by atoms with van der Waals surface area (Å²) in [4.78, 5) is 19.6. The molecule has 240 valence electrons. The predicted molar refractivity (Wildman–Crippen MR) is 213 cm³/mol. The minimum absolute atomic E-state index is 0.643. The maximum atomic E-state index is 4.95. The van der Waals surface area contributed by atoms with Crippen LogP contribution in [0.15, 0.2) is 180 Å². The Morgan fingerprint density at radius 2 is 0.902 bits per heavy atom. The van der Waals surface area contributed by atoms with E-state index < -0.39 is 0 Å². The third-order valence-corrected chi connectivity index (χ3v) is 11.6. The fourth-order valence-corrected chi connectivity index (χ4v) is 9.00. The fraction of sp³-hybridized carbons (Fsp3) is 0. The Morgan fingerprint density at radius 3 is 1.63 bits per heavy atom. The van der Waals surface area contributed by atoms with E-state index in [0.29, 0.717) is 17.5 Å². The second-order valence-electron chi connectivity index (χ2n) is 12.5. The van der Waals surface area contributed by atoms with Crippen LogP contribution in [0.25, 0.3) is 65.5 Å². The zero-order chi connectivity index (χ0) is 33.7. The van der Waals surface area contributed by atoms with Crippen molar-refractivity contribution >= 4 is 60.3 Å². The average molecular weight is 689 g/mol. The van der Waals surface area contributed by atoms with Crippen molar-refractivity contribution in [1.29, 1.82) is 0 Å². The molecule has 51 heavy (non-hydrogen) atoms. The lowest BCUT2D eigenvalue weighted by Gasteiger charge is -2.33. The van der Waals surface area contributed by atoms with Gasteiger partial charge in [-0.3, -0.25) is 0 Å². The van der Waals surface area contributed by atoms with Crippen LogP contribution < -0.4 is 4.90 Å². The highest BCUT2D eigenvalue weighted by Crippen LogP contribution is 2.52. The van der Waals surface area contributed by atoms with Crippen LogP contribution in [0.1, 0.15) is 0 Å². The molecule has 2 aromatic heterocycles. The lowest BCUT2D eigenvalue weighted by atomic mass is 10.0. The first-order valence-corrected chi connectivity index (χ1v) is 18.5. The molecule has 0 saturated heterocycles. The van der Waals surface area contributed by atoms with E-state index in [-0.39, 0.29) is 0 Å². The Morgan fingerprint density at radius 1 is 0.373 bits per heavy atom. The van der Waals surface area contributed by atoms with E-state index >= 15 is 0 Å². The Balaban J connectivity index is 1.04. The molecule has 4 nitrogen and oxygen atoms in total. The second kappa shape index (κ2) is 12.4. The average Bonchev–Trinajstić information content (AvgIpc) is 3.58. The first-order chi connectivity index (χ1) is 25.2. The normalized spacial score (nSPS) is 12.2. The van der Waals surface area contributed by atoms with E-state index in [1.54, 1.807) is 0 Å². The quantitative estimate of drug-likeness (QED) is 0.180. The number of fused-ring (bicyclic) bond motifs is 5. The van der Waals surface area contributed by atoms with Crippen LogP contribution >= 0.6 is 23.1 Å². The summed E-state index contributed by atoms with van der Waals surface area (Å²) in [5.74, 6) is 1.95. The van der Waals surface area contributed by atoms with Gasteiger partial charge in [-0.1, -0.05) is 115 Å². The van der Waals surface area contributed by atoms with Gasteiger partial charge in [0.05, 0.1) is 11.4 Å². The molecule has 0 saturated carbocycles. The lowest BCUT2D eigenvalue weighted by molar-refractivity contribution is 1.07. The number of para-hydroxylation sites is 1. The molecule has 0 atom stereocenters. The van der Waals surface area contributed by atoms with E-state index in [0.717, 1.165) is 28.1 Å². The summed E-state index contributed by atoms with van der Waals surface area (Å²) < 4.78 is 2.65. The van der Waals surface area contributed by atoms with Crippen molar-refractivity contribution in [3.8, 4) is 45.3 Å². The molecule has 6 heteroatoms. The number of hydrogen-bond donors (Lipinski definition) is 0. The van der Waals surface area contributed by atoms with Crippen molar-refractivity contribution < 1.29 is 0 Å². The van der Waals surface area contributed by atoms with Crippen molar-refractivity contribution in [2.45, 2.75) is 9.79 Å². The molecule has 1 aliphatic rings. The Hall–Kier alpha value is -6.08. The van der Waals surface area contributed by atoms with E-state index in [9.17, 15) is 0 Å². The van der Waals surface area contributed by atoms with Crippen molar-refractivity contribution in [3.05, 3.63) is 170 Å². The van der Waals surface area contributed by atoms with Gasteiger partial charge in [-0.25, -0.2) is 15.0 Å². The highest BCUT2D eigenvalue weighted by atomic mass is 32.2. The van der Waals surface area contributed by atoms with Crippen molar-refractivity contribution in [1.82, 2.24) is 15.0 Å². The van der Waals surface area contributed by atoms with Gasteiger partial charge in [0.25, 0.3) is 0 Å². The highest BCUT2D eigenvalue weighted by molar-refractivity contribution is 7.99. The third-order valence-electron chi connectivity index (χ3n) is 9.32. The minimum Gasteiger partial charge on any atom is -0.308 e. The van der Waals surface area contributed by atoms with Crippen molar-refractivity contribution in [2.75, 3.05) is 4.90 Å². The summed E-state index contributed by atoms with van der Waals surface area (Å²) >= 11 is 3.69. The van der Waals surface area contributed by atoms with Crippen molar-refractivity contribution in [2.24, 2.45) is 0 Å².